The van der Waals surface area contributed by atoms with Gasteiger partial charge in [-0.2, -0.15) is 4.57 Å². The van der Waals surface area contributed by atoms with Gasteiger partial charge in [-0.25, -0.2) is 19.4 Å². The summed E-state index contributed by atoms with van der Waals surface area (Å²) in [6.07, 6.45) is 1.52. The number of carboxylic acid groups (broad SMARTS) is 1. The number of morpholine rings is 1. The van der Waals surface area contributed by atoms with Crippen molar-refractivity contribution in [3.8, 4) is 6.01 Å². The number of hydrogen-bond acceptors (Lipinski definition) is 9. The largest absolute Gasteiger partial charge is 0.480 e. The molecule has 0 aliphatic carbocycles. The number of hydrogen-bond donors (Lipinski definition) is 1. The van der Waals surface area contributed by atoms with Crippen molar-refractivity contribution in [1.82, 2.24) is 19.0 Å². The van der Waals surface area contributed by atoms with Gasteiger partial charge in [-0.3, -0.25) is 9.36 Å². The number of oxazole rings is 1. The number of nitrogens with zero attached hydrogens (tertiary/aromatic N) is 4. The van der Waals surface area contributed by atoms with E-state index in [0.717, 1.165) is 26.0 Å². The number of aliphatic carboxylic acids is 1. The summed E-state index contributed by atoms with van der Waals surface area (Å²) in [6, 6.07) is 8.96. The monoisotopic (exact) mass is 568 g/mol. The van der Waals surface area contributed by atoms with Crippen molar-refractivity contribution in [2.24, 2.45) is 0 Å². The fraction of sp³-hybridized carbons (Fsp3) is 0.370. The molecule has 0 radical (unpaired) electrons. The maximum Gasteiger partial charge on any atom is 0.410 e. The number of amides is 1. The van der Waals surface area contributed by atoms with Crippen LogP contribution in [0.1, 0.15) is 36.0 Å². The summed E-state index contributed by atoms with van der Waals surface area (Å²) in [5.41, 5.74) is -1.99. The van der Waals surface area contributed by atoms with E-state index in [1.807, 2.05) is 30.3 Å². The minimum absolute atomic E-state index is 0.165. The molecule has 1 N–H and O–H groups in total. The van der Waals surface area contributed by atoms with Crippen molar-refractivity contribution in [3.05, 3.63) is 79.6 Å². The molecule has 1 aromatic carbocycles. The highest BCUT2D eigenvalue weighted by atomic mass is 32.1. The highest BCUT2D eigenvalue weighted by Gasteiger charge is 2.36. The molecule has 0 unspecified atom stereocenters. The van der Waals surface area contributed by atoms with Crippen molar-refractivity contribution in [2.45, 2.75) is 38.8 Å². The Morgan fingerprint density at radius 3 is 2.50 bits per heavy atom. The van der Waals surface area contributed by atoms with E-state index >= 15 is 0 Å². The lowest BCUT2D eigenvalue weighted by Crippen LogP contribution is -2.48. The number of benzene rings is 1. The Morgan fingerprint density at radius 2 is 1.88 bits per heavy atom. The van der Waals surface area contributed by atoms with Crippen LogP contribution in [-0.4, -0.2) is 62.5 Å². The predicted octanol–water partition coefficient (Wildman–Crippen LogP) is 3.08. The molecule has 4 heterocycles. The third kappa shape index (κ3) is 4.82. The first-order valence-corrected chi connectivity index (χ1v) is 13.4. The van der Waals surface area contributed by atoms with Crippen LogP contribution >= 0.6 is 11.3 Å². The van der Waals surface area contributed by atoms with Gasteiger partial charge in [0.1, 0.15) is 22.7 Å². The van der Waals surface area contributed by atoms with Gasteiger partial charge in [0.2, 0.25) is 0 Å². The Balaban J connectivity index is 1.66. The Hall–Kier alpha value is -4.23. The molecular formula is C27H28N4O8S. The van der Waals surface area contributed by atoms with Gasteiger partial charge in [0.15, 0.2) is 0 Å². The van der Waals surface area contributed by atoms with E-state index in [1.54, 1.807) is 11.8 Å². The molecule has 1 aliphatic rings. The highest BCUT2D eigenvalue weighted by molar-refractivity contribution is 7.18. The van der Waals surface area contributed by atoms with Gasteiger partial charge in [-0.05, 0) is 31.9 Å². The summed E-state index contributed by atoms with van der Waals surface area (Å²) >= 11 is 1.13. The number of carboxylic acids is 1. The number of carbonyl (C=O) groups is 2. The van der Waals surface area contributed by atoms with Gasteiger partial charge >= 0.3 is 23.8 Å². The molecule has 0 bridgehead atoms. The minimum atomic E-state index is -1.71. The molecule has 40 heavy (non-hydrogen) atoms. The van der Waals surface area contributed by atoms with Gasteiger partial charge in [-0.1, -0.05) is 30.3 Å². The number of aryl methyl sites for hydroxylation is 1. The molecule has 1 fully saturated rings. The summed E-state index contributed by atoms with van der Waals surface area (Å²) < 4.78 is 18.4. The zero-order chi connectivity index (χ0) is 28.6. The zero-order valence-corrected chi connectivity index (χ0v) is 23.0. The summed E-state index contributed by atoms with van der Waals surface area (Å²) in [6.45, 7) is 6.17. The first kappa shape index (κ1) is 27.3. The van der Waals surface area contributed by atoms with Crippen molar-refractivity contribution in [2.75, 3.05) is 26.3 Å². The van der Waals surface area contributed by atoms with Crippen LogP contribution in [0.2, 0.25) is 0 Å². The molecule has 3 aromatic heterocycles. The lowest BCUT2D eigenvalue weighted by Gasteiger charge is -2.28. The summed E-state index contributed by atoms with van der Waals surface area (Å²) in [5.74, 6) is -1.26. The zero-order valence-electron chi connectivity index (χ0n) is 22.2. The van der Waals surface area contributed by atoms with Crippen molar-refractivity contribution in [1.29, 1.82) is 0 Å². The van der Waals surface area contributed by atoms with E-state index < -0.39 is 35.0 Å². The third-order valence-electron chi connectivity index (χ3n) is 6.98. The van der Waals surface area contributed by atoms with E-state index in [-0.39, 0.29) is 22.7 Å². The second-order valence-electron chi connectivity index (χ2n) is 9.85. The Bertz CT molecular complexity index is 1660. The number of carbonyl (C=O) groups excluding carboxylic acids is 1. The first-order valence-electron chi connectivity index (χ1n) is 12.6. The SMILES string of the molecule is Cc1c(C[C@@H](OC(=O)N2CCOCC2)c2ccccc2)sc2c1c(=O)n(-c1ncco1)c(=O)n2C(C)(C)C(=O)O. The van der Waals surface area contributed by atoms with Crippen LogP contribution in [0.15, 0.2) is 56.8 Å². The lowest BCUT2D eigenvalue weighted by molar-refractivity contribution is -0.145. The Morgan fingerprint density at radius 1 is 1.18 bits per heavy atom. The fourth-order valence-corrected chi connectivity index (χ4v) is 6.09. The molecule has 1 amide bonds. The highest BCUT2D eigenvalue weighted by Crippen LogP contribution is 2.35. The molecule has 210 valence electrons. The van der Waals surface area contributed by atoms with Gasteiger partial charge < -0.3 is 23.9 Å². The minimum Gasteiger partial charge on any atom is -0.480 e. The van der Waals surface area contributed by atoms with Gasteiger partial charge in [0.05, 0.1) is 24.8 Å². The maximum atomic E-state index is 13.7. The summed E-state index contributed by atoms with van der Waals surface area (Å²) in [4.78, 5) is 59.0. The van der Waals surface area contributed by atoms with E-state index in [0.29, 0.717) is 36.7 Å². The van der Waals surface area contributed by atoms with E-state index in [9.17, 15) is 24.3 Å². The number of rotatable bonds is 7. The second kappa shape index (κ2) is 10.7. The van der Waals surface area contributed by atoms with Crippen LogP contribution in [0.5, 0.6) is 0 Å². The molecule has 13 heteroatoms. The average molecular weight is 569 g/mol. The fourth-order valence-electron chi connectivity index (χ4n) is 4.62. The summed E-state index contributed by atoms with van der Waals surface area (Å²) in [5, 5.41) is 10.2. The standard InChI is InChI=1S/C27H28N4O8S/c1-16-19(15-18(17-7-5-4-6-8-17)39-26(36)29-10-13-37-14-11-29)40-22-20(16)21(32)30(24-28-9-12-38-24)25(35)31(22)27(2,3)23(33)34/h4-9,12,18H,10-11,13-15H2,1-3H3,(H,33,34)/t18-/m1/s1. The van der Waals surface area contributed by atoms with Crippen molar-refractivity contribution < 1.29 is 28.6 Å². The van der Waals surface area contributed by atoms with Crippen LogP contribution in [0.3, 0.4) is 0 Å². The molecule has 0 spiro atoms. The Kier molecular flexibility index (Phi) is 7.34. The maximum absolute atomic E-state index is 13.7. The van der Waals surface area contributed by atoms with E-state index in [1.165, 1.54) is 26.3 Å². The molecule has 1 aliphatic heterocycles. The molecule has 5 rings (SSSR count). The van der Waals surface area contributed by atoms with Gasteiger partial charge in [-0.15, -0.1) is 11.3 Å². The molecular weight excluding hydrogens is 540 g/mol. The van der Waals surface area contributed by atoms with Crippen LogP contribution in [0.25, 0.3) is 16.2 Å². The van der Waals surface area contributed by atoms with Crippen molar-refractivity contribution in [3.63, 3.8) is 0 Å². The quantitative estimate of drug-likeness (QED) is 0.355. The van der Waals surface area contributed by atoms with Crippen molar-refractivity contribution >= 4 is 33.6 Å². The van der Waals surface area contributed by atoms with Gasteiger partial charge in [0.25, 0.3) is 5.56 Å². The van der Waals surface area contributed by atoms with Gasteiger partial charge in [0, 0.05) is 24.4 Å². The smallest absolute Gasteiger partial charge is 0.410 e. The van der Waals surface area contributed by atoms with E-state index in [2.05, 4.69) is 4.98 Å². The molecule has 12 nitrogen and oxygen atoms in total. The second-order valence-corrected chi connectivity index (χ2v) is 10.9. The van der Waals surface area contributed by atoms with Crippen LogP contribution < -0.4 is 11.2 Å². The van der Waals surface area contributed by atoms with Crippen LogP contribution in [0.4, 0.5) is 4.79 Å². The number of fused-ring (bicyclic) bond motifs is 1. The van der Waals surface area contributed by atoms with E-state index in [4.69, 9.17) is 13.9 Å². The summed E-state index contributed by atoms with van der Waals surface area (Å²) in [7, 11) is 0. The molecule has 4 aromatic rings. The predicted molar refractivity (Wildman–Crippen MR) is 145 cm³/mol. The number of aromatic nitrogens is 3. The van der Waals surface area contributed by atoms with Crippen LogP contribution in [-0.2, 0) is 26.2 Å². The third-order valence-corrected chi connectivity index (χ3v) is 8.28. The number of thiophene rings is 1. The van der Waals surface area contributed by atoms with Crippen LogP contribution in [0, 0.1) is 6.92 Å². The molecule has 1 saturated heterocycles. The molecule has 0 saturated carbocycles. The number of ether oxygens (including phenoxy) is 2. The normalized spacial score (nSPS) is 14.8. The first-order chi connectivity index (χ1) is 19.1. The lowest BCUT2D eigenvalue weighted by atomic mass is 10.0. The topological polar surface area (TPSA) is 146 Å². The average Bonchev–Trinajstić information content (AvgIpc) is 3.57. The molecule has 1 atom stereocenters. The Labute approximate surface area is 232 Å².